The fourth-order valence-corrected chi connectivity index (χ4v) is 4.08. The molecule has 0 aliphatic carbocycles. The molecule has 3 rings (SSSR count). The van der Waals surface area contributed by atoms with Crippen LogP contribution in [0.15, 0.2) is 66.7 Å². The molecule has 9 heteroatoms. The molecule has 0 spiro atoms. The minimum absolute atomic E-state index is 0.167. The third kappa shape index (κ3) is 6.27. The van der Waals surface area contributed by atoms with E-state index in [1.807, 2.05) is 12.1 Å². The van der Waals surface area contributed by atoms with Crippen molar-refractivity contribution in [3.63, 3.8) is 0 Å². The molecule has 0 aliphatic heterocycles. The summed E-state index contributed by atoms with van der Waals surface area (Å²) in [6.45, 7) is 0.272. The van der Waals surface area contributed by atoms with Crippen molar-refractivity contribution in [3.8, 4) is 0 Å². The monoisotopic (exact) mass is 478 g/mol. The van der Waals surface area contributed by atoms with Crippen LogP contribution >= 0.6 is 11.6 Å². The quantitative estimate of drug-likeness (QED) is 0.516. The van der Waals surface area contributed by atoms with Gasteiger partial charge in [0.25, 0.3) is 5.91 Å². The van der Waals surface area contributed by atoms with E-state index in [2.05, 4.69) is 5.32 Å². The Morgan fingerprint density at radius 1 is 0.969 bits per heavy atom. The molecule has 168 valence electrons. The summed E-state index contributed by atoms with van der Waals surface area (Å²) in [6.07, 6.45) is 1.59. The number of benzene rings is 3. The summed E-state index contributed by atoms with van der Waals surface area (Å²) in [5.41, 5.74) is 1.73. The van der Waals surface area contributed by atoms with Crippen LogP contribution in [-0.2, 0) is 23.0 Å². The Bertz CT molecular complexity index is 1200. The minimum atomic E-state index is -3.84. The van der Waals surface area contributed by atoms with Crippen molar-refractivity contribution in [2.45, 2.75) is 13.0 Å². The van der Waals surface area contributed by atoms with Gasteiger partial charge in [-0.05, 0) is 53.9 Å². The molecule has 0 atom stereocenters. The highest BCUT2D eigenvalue weighted by Crippen LogP contribution is 2.25. The van der Waals surface area contributed by atoms with Crippen LogP contribution in [0, 0.1) is 11.6 Å². The number of nitrogens with one attached hydrogen (secondary N) is 1. The summed E-state index contributed by atoms with van der Waals surface area (Å²) >= 11 is 5.85. The van der Waals surface area contributed by atoms with Crippen LogP contribution in [0.5, 0.6) is 0 Å². The first-order valence-corrected chi connectivity index (χ1v) is 11.9. The topological polar surface area (TPSA) is 66.5 Å². The van der Waals surface area contributed by atoms with Crippen molar-refractivity contribution in [3.05, 3.63) is 100 Å². The first-order chi connectivity index (χ1) is 15.1. The number of hydrogen-bond acceptors (Lipinski definition) is 3. The van der Waals surface area contributed by atoms with Gasteiger partial charge in [0.15, 0.2) is 0 Å². The van der Waals surface area contributed by atoms with E-state index < -0.39 is 21.7 Å². The molecule has 1 amide bonds. The highest BCUT2D eigenvalue weighted by molar-refractivity contribution is 7.92. The van der Waals surface area contributed by atoms with E-state index in [4.69, 9.17) is 11.6 Å². The zero-order valence-corrected chi connectivity index (χ0v) is 18.8. The second-order valence-corrected chi connectivity index (χ2v) is 9.54. The summed E-state index contributed by atoms with van der Waals surface area (Å²) in [4.78, 5) is 12.4. The number of amides is 1. The van der Waals surface area contributed by atoms with Crippen LogP contribution in [0.4, 0.5) is 14.5 Å². The van der Waals surface area contributed by atoms with Crippen LogP contribution in [0.2, 0.25) is 5.02 Å². The molecule has 0 bridgehead atoms. The molecular formula is C23H21ClF2N2O3S. The smallest absolute Gasteiger partial charge is 0.251 e. The van der Waals surface area contributed by atoms with Crippen LogP contribution in [0.1, 0.15) is 21.5 Å². The predicted octanol–water partition coefficient (Wildman–Crippen LogP) is 4.56. The Morgan fingerprint density at radius 3 is 2.19 bits per heavy atom. The third-order valence-electron chi connectivity index (χ3n) is 4.73. The lowest BCUT2D eigenvalue weighted by Gasteiger charge is -2.23. The van der Waals surface area contributed by atoms with Gasteiger partial charge in [0.1, 0.15) is 11.6 Å². The Labute approximate surface area is 190 Å². The van der Waals surface area contributed by atoms with E-state index >= 15 is 0 Å². The number of anilines is 1. The van der Waals surface area contributed by atoms with Crippen molar-refractivity contribution < 1.29 is 22.0 Å². The van der Waals surface area contributed by atoms with Crippen molar-refractivity contribution in [1.82, 2.24) is 5.32 Å². The van der Waals surface area contributed by atoms with E-state index in [9.17, 15) is 22.0 Å². The number of halogens is 3. The molecule has 0 fully saturated rings. The number of carbonyl (C=O) groups is 1. The third-order valence-corrected chi connectivity index (χ3v) is 6.11. The molecule has 0 heterocycles. The summed E-state index contributed by atoms with van der Waals surface area (Å²) in [5.74, 6) is -2.05. The number of hydrogen-bond donors (Lipinski definition) is 1. The van der Waals surface area contributed by atoms with Crippen LogP contribution in [0.3, 0.4) is 0 Å². The summed E-state index contributed by atoms with van der Waals surface area (Å²) in [5, 5.41) is 3.47. The van der Waals surface area contributed by atoms with Crippen LogP contribution in [0.25, 0.3) is 0 Å². The van der Waals surface area contributed by atoms with Gasteiger partial charge in [-0.25, -0.2) is 17.2 Å². The van der Waals surface area contributed by atoms with Gasteiger partial charge in [-0.2, -0.15) is 0 Å². The van der Waals surface area contributed by atoms with E-state index in [-0.39, 0.29) is 18.1 Å². The summed E-state index contributed by atoms with van der Waals surface area (Å²) in [7, 11) is -3.84. The molecular weight excluding hydrogens is 458 g/mol. The molecule has 3 aromatic rings. The van der Waals surface area contributed by atoms with Crippen molar-refractivity contribution >= 4 is 33.2 Å². The zero-order chi connectivity index (χ0) is 23.3. The second kappa shape index (κ2) is 10.1. The van der Waals surface area contributed by atoms with Gasteiger partial charge in [0, 0.05) is 23.2 Å². The van der Waals surface area contributed by atoms with Gasteiger partial charge >= 0.3 is 0 Å². The van der Waals surface area contributed by atoms with Crippen LogP contribution in [-0.4, -0.2) is 27.1 Å². The first-order valence-electron chi connectivity index (χ1n) is 9.68. The van der Waals surface area contributed by atoms with Gasteiger partial charge in [-0.15, -0.1) is 0 Å². The van der Waals surface area contributed by atoms with Gasteiger partial charge in [-0.3, -0.25) is 9.10 Å². The Balaban J connectivity index is 1.65. The lowest BCUT2D eigenvalue weighted by molar-refractivity contribution is 0.0954. The van der Waals surface area contributed by atoms with Gasteiger partial charge in [0.2, 0.25) is 10.0 Å². The number of rotatable bonds is 8. The van der Waals surface area contributed by atoms with E-state index in [1.165, 1.54) is 0 Å². The van der Waals surface area contributed by atoms with E-state index in [0.29, 0.717) is 35.2 Å². The normalized spacial score (nSPS) is 11.2. The molecule has 5 nitrogen and oxygen atoms in total. The number of sulfonamides is 1. The minimum Gasteiger partial charge on any atom is -0.352 e. The maximum absolute atomic E-state index is 14.2. The van der Waals surface area contributed by atoms with Gasteiger partial charge in [0.05, 0.1) is 18.5 Å². The van der Waals surface area contributed by atoms with Crippen molar-refractivity contribution in [2.75, 3.05) is 17.1 Å². The fraction of sp³-hybridized carbons (Fsp3) is 0.174. The molecule has 0 aromatic heterocycles. The maximum atomic E-state index is 14.2. The maximum Gasteiger partial charge on any atom is 0.251 e. The lowest BCUT2D eigenvalue weighted by atomic mass is 10.1. The van der Waals surface area contributed by atoms with Crippen molar-refractivity contribution in [1.29, 1.82) is 0 Å². The van der Waals surface area contributed by atoms with E-state index in [0.717, 1.165) is 28.3 Å². The molecule has 32 heavy (non-hydrogen) atoms. The van der Waals surface area contributed by atoms with Crippen LogP contribution < -0.4 is 9.62 Å². The average Bonchev–Trinajstić information content (AvgIpc) is 2.73. The molecule has 0 unspecified atom stereocenters. The molecule has 0 saturated heterocycles. The molecule has 1 N–H and O–H groups in total. The number of carbonyl (C=O) groups excluding carboxylic acids is 1. The first kappa shape index (κ1) is 23.7. The zero-order valence-electron chi connectivity index (χ0n) is 17.2. The molecule has 0 saturated carbocycles. The van der Waals surface area contributed by atoms with Crippen molar-refractivity contribution in [2.24, 2.45) is 0 Å². The summed E-state index contributed by atoms with van der Waals surface area (Å²) < 4.78 is 52.6. The van der Waals surface area contributed by atoms with Gasteiger partial charge < -0.3 is 5.32 Å². The lowest BCUT2D eigenvalue weighted by Crippen LogP contribution is -2.30. The average molecular weight is 479 g/mol. The Morgan fingerprint density at radius 2 is 1.59 bits per heavy atom. The SMILES string of the molecule is CS(=O)(=O)N(Cc1ccc(C(=O)NCCc2ccc(Cl)cc2)cc1)c1ccc(F)cc1F. The van der Waals surface area contributed by atoms with E-state index in [1.54, 1.807) is 36.4 Å². The predicted molar refractivity (Wildman–Crippen MR) is 121 cm³/mol. The largest absolute Gasteiger partial charge is 0.352 e. The number of nitrogens with zero attached hydrogens (tertiary/aromatic N) is 1. The Hall–Kier alpha value is -2.97. The highest BCUT2D eigenvalue weighted by Gasteiger charge is 2.21. The fourth-order valence-electron chi connectivity index (χ4n) is 3.07. The molecule has 0 aliphatic rings. The van der Waals surface area contributed by atoms with Gasteiger partial charge in [-0.1, -0.05) is 35.9 Å². The highest BCUT2D eigenvalue weighted by atomic mass is 35.5. The second-order valence-electron chi connectivity index (χ2n) is 7.19. The molecule has 0 radical (unpaired) electrons. The Kier molecular flexibility index (Phi) is 7.48. The standard InChI is InChI=1S/C23H21ClF2N2O3S/c1-32(30,31)28(22-11-10-20(25)14-21(22)26)15-17-2-6-18(7-3-17)23(29)27-13-12-16-4-8-19(24)9-5-16/h2-11,14H,12-13,15H2,1H3,(H,27,29). The molecule has 3 aromatic carbocycles. The summed E-state index contributed by atoms with van der Waals surface area (Å²) in [6, 6.07) is 16.4.